The largest absolute Gasteiger partial charge is 0.372 e. The molecule has 2 aromatic heterocycles. The van der Waals surface area contributed by atoms with Crippen molar-refractivity contribution in [3.8, 4) is 0 Å². The molecule has 0 unspecified atom stereocenters. The summed E-state index contributed by atoms with van der Waals surface area (Å²) >= 11 is 0. The summed E-state index contributed by atoms with van der Waals surface area (Å²) in [6.45, 7) is 6.03. The van der Waals surface area contributed by atoms with Crippen molar-refractivity contribution in [3.05, 3.63) is 60.2 Å². The molecule has 0 N–H and O–H groups in total. The molecule has 2 fully saturated rings. The van der Waals surface area contributed by atoms with Crippen LogP contribution in [0.5, 0.6) is 0 Å². The van der Waals surface area contributed by atoms with Gasteiger partial charge in [-0.25, -0.2) is 0 Å². The van der Waals surface area contributed by atoms with Gasteiger partial charge in [0.1, 0.15) is 0 Å². The summed E-state index contributed by atoms with van der Waals surface area (Å²) in [4.78, 5) is 13.7. The lowest BCUT2D eigenvalue weighted by molar-refractivity contribution is 0.0456. The molecule has 4 heterocycles. The molecule has 24 heavy (non-hydrogen) atoms. The van der Waals surface area contributed by atoms with Gasteiger partial charge in [0.2, 0.25) is 0 Å². The third kappa shape index (κ3) is 3.80. The monoisotopic (exact) mass is 324 g/mol. The number of rotatable bonds is 5. The number of hydrogen-bond acceptors (Lipinski definition) is 5. The molecular weight excluding hydrogens is 300 g/mol. The number of aromatic nitrogens is 2. The number of pyridine rings is 2. The van der Waals surface area contributed by atoms with Crippen LogP contribution in [0.1, 0.15) is 17.7 Å². The quantitative estimate of drug-likeness (QED) is 0.841. The first-order valence-corrected chi connectivity index (χ1v) is 8.73. The fourth-order valence-corrected chi connectivity index (χ4v) is 3.74. The molecule has 0 aliphatic carbocycles. The molecule has 126 valence electrons. The van der Waals surface area contributed by atoms with Gasteiger partial charge in [0.15, 0.2) is 0 Å². The summed E-state index contributed by atoms with van der Waals surface area (Å²) in [5.41, 5.74) is 2.31. The van der Waals surface area contributed by atoms with E-state index in [-0.39, 0.29) is 0 Å². The van der Waals surface area contributed by atoms with Crippen molar-refractivity contribution < 1.29 is 4.74 Å². The Morgan fingerprint density at radius 1 is 1.08 bits per heavy atom. The zero-order valence-corrected chi connectivity index (χ0v) is 13.9. The number of ether oxygens (including phenoxy) is 1. The van der Waals surface area contributed by atoms with Gasteiger partial charge in [-0.15, -0.1) is 0 Å². The van der Waals surface area contributed by atoms with E-state index >= 15 is 0 Å². The molecule has 0 amide bonds. The van der Waals surface area contributed by atoms with E-state index in [9.17, 15) is 0 Å². The molecule has 2 aromatic rings. The van der Waals surface area contributed by atoms with E-state index < -0.39 is 0 Å². The second kappa shape index (κ2) is 7.38. The van der Waals surface area contributed by atoms with Gasteiger partial charge in [0.05, 0.1) is 18.4 Å². The Morgan fingerprint density at radius 3 is 2.92 bits per heavy atom. The first kappa shape index (κ1) is 15.7. The Bertz CT molecular complexity index is 636. The maximum absolute atomic E-state index is 6.12. The molecular formula is C19H24N4O. The van der Waals surface area contributed by atoms with E-state index in [4.69, 9.17) is 4.74 Å². The van der Waals surface area contributed by atoms with Gasteiger partial charge >= 0.3 is 0 Å². The smallest absolute Gasteiger partial charge is 0.0736 e. The Hall–Kier alpha value is -1.82. The number of fused-ring (bicyclic) bond motifs is 1. The summed E-state index contributed by atoms with van der Waals surface area (Å²) in [7, 11) is 0. The molecule has 5 nitrogen and oxygen atoms in total. The average Bonchev–Trinajstić information content (AvgIpc) is 3.04. The minimum Gasteiger partial charge on any atom is -0.372 e. The molecule has 0 saturated carbocycles. The van der Waals surface area contributed by atoms with Crippen molar-refractivity contribution in [1.29, 1.82) is 0 Å². The van der Waals surface area contributed by atoms with Crippen LogP contribution in [0.15, 0.2) is 48.9 Å². The minimum atomic E-state index is 0.338. The van der Waals surface area contributed by atoms with Crippen molar-refractivity contribution in [1.82, 2.24) is 19.8 Å². The zero-order chi connectivity index (χ0) is 16.2. The van der Waals surface area contributed by atoms with E-state index in [0.29, 0.717) is 18.8 Å². The normalized spacial score (nSPS) is 24.8. The van der Waals surface area contributed by atoms with Gasteiger partial charge in [-0.05, 0) is 30.2 Å². The topological polar surface area (TPSA) is 41.5 Å². The molecule has 2 saturated heterocycles. The molecule has 4 rings (SSSR count). The molecule has 5 heteroatoms. The fourth-order valence-electron chi connectivity index (χ4n) is 3.74. The SMILES string of the molecule is c1ccc(CN2CCN3C[C@H](OCc4cccnc4)C[C@H]3C2)nc1. The highest BCUT2D eigenvalue weighted by Gasteiger charge is 2.36. The van der Waals surface area contributed by atoms with Crippen LogP contribution in [0.25, 0.3) is 0 Å². The first-order chi connectivity index (χ1) is 11.9. The number of nitrogens with zero attached hydrogens (tertiary/aromatic N) is 4. The van der Waals surface area contributed by atoms with Gasteiger partial charge in [-0.3, -0.25) is 19.8 Å². The second-order valence-electron chi connectivity index (χ2n) is 6.73. The van der Waals surface area contributed by atoms with Crippen molar-refractivity contribution in [2.24, 2.45) is 0 Å². The van der Waals surface area contributed by atoms with Crippen molar-refractivity contribution in [3.63, 3.8) is 0 Å². The summed E-state index contributed by atoms with van der Waals surface area (Å²) in [5, 5.41) is 0. The zero-order valence-electron chi connectivity index (χ0n) is 13.9. The summed E-state index contributed by atoms with van der Waals surface area (Å²) in [6, 6.07) is 10.8. The minimum absolute atomic E-state index is 0.338. The van der Waals surface area contributed by atoms with Crippen molar-refractivity contribution >= 4 is 0 Å². The highest BCUT2D eigenvalue weighted by Crippen LogP contribution is 2.25. The Balaban J connectivity index is 1.28. The van der Waals surface area contributed by atoms with Crippen LogP contribution in [-0.2, 0) is 17.9 Å². The van der Waals surface area contributed by atoms with Crippen LogP contribution >= 0.6 is 0 Å². The Morgan fingerprint density at radius 2 is 2.08 bits per heavy atom. The summed E-state index contributed by atoms with van der Waals surface area (Å²) < 4.78 is 6.12. The van der Waals surface area contributed by atoms with E-state index in [1.54, 1.807) is 6.20 Å². The van der Waals surface area contributed by atoms with Crippen LogP contribution in [0.3, 0.4) is 0 Å². The lowest BCUT2D eigenvalue weighted by Gasteiger charge is -2.37. The summed E-state index contributed by atoms with van der Waals surface area (Å²) in [6.07, 6.45) is 7.03. The third-order valence-corrected chi connectivity index (χ3v) is 4.98. The van der Waals surface area contributed by atoms with E-state index in [1.807, 2.05) is 24.5 Å². The maximum atomic E-state index is 6.12. The van der Waals surface area contributed by atoms with E-state index in [0.717, 1.165) is 50.4 Å². The number of piperazine rings is 1. The van der Waals surface area contributed by atoms with Crippen LogP contribution in [0.4, 0.5) is 0 Å². The van der Waals surface area contributed by atoms with Gasteiger partial charge < -0.3 is 4.74 Å². The lowest BCUT2D eigenvalue weighted by atomic mass is 10.1. The Kier molecular flexibility index (Phi) is 4.83. The maximum Gasteiger partial charge on any atom is 0.0736 e. The number of hydrogen-bond donors (Lipinski definition) is 0. The molecule has 2 aliphatic heterocycles. The van der Waals surface area contributed by atoms with Crippen LogP contribution in [0.2, 0.25) is 0 Å². The Labute approximate surface area is 143 Å². The van der Waals surface area contributed by atoms with Crippen molar-refractivity contribution in [2.75, 3.05) is 26.2 Å². The van der Waals surface area contributed by atoms with Crippen molar-refractivity contribution in [2.45, 2.75) is 31.7 Å². The van der Waals surface area contributed by atoms with Gasteiger partial charge in [-0.2, -0.15) is 0 Å². The van der Waals surface area contributed by atoms with Crippen LogP contribution in [-0.4, -0.2) is 58.1 Å². The lowest BCUT2D eigenvalue weighted by Crippen LogP contribution is -2.49. The van der Waals surface area contributed by atoms with Gasteiger partial charge in [0, 0.05) is 57.4 Å². The third-order valence-electron chi connectivity index (χ3n) is 4.98. The highest BCUT2D eigenvalue weighted by molar-refractivity contribution is 5.07. The predicted octanol–water partition coefficient (Wildman–Crippen LogP) is 1.95. The predicted molar refractivity (Wildman–Crippen MR) is 92.3 cm³/mol. The second-order valence-corrected chi connectivity index (χ2v) is 6.73. The molecule has 0 bridgehead atoms. The molecule has 0 radical (unpaired) electrons. The van der Waals surface area contributed by atoms with Crippen LogP contribution < -0.4 is 0 Å². The van der Waals surface area contributed by atoms with E-state index in [1.165, 1.54) is 0 Å². The van der Waals surface area contributed by atoms with Gasteiger partial charge in [0.25, 0.3) is 0 Å². The fraction of sp³-hybridized carbons (Fsp3) is 0.474. The highest BCUT2D eigenvalue weighted by atomic mass is 16.5. The molecule has 2 atom stereocenters. The molecule has 0 spiro atoms. The molecule has 2 aliphatic rings. The molecule has 0 aromatic carbocycles. The standard InChI is InChI=1S/C19H24N4O/c1-2-7-21-17(5-1)12-22-8-9-23-14-19(10-18(23)13-22)24-15-16-4-3-6-20-11-16/h1-7,11,18-19H,8-10,12-15H2/t18-,19+/m0/s1. The average molecular weight is 324 g/mol. The van der Waals surface area contributed by atoms with Gasteiger partial charge in [-0.1, -0.05) is 12.1 Å². The summed E-state index contributed by atoms with van der Waals surface area (Å²) in [5.74, 6) is 0. The first-order valence-electron chi connectivity index (χ1n) is 8.73. The van der Waals surface area contributed by atoms with Crippen LogP contribution in [0, 0.1) is 0 Å². The van der Waals surface area contributed by atoms with E-state index in [2.05, 4.69) is 38.0 Å².